The zero-order chi connectivity index (χ0) is 34.4. The molecule has 0 aliphatic heterocycles. The standard InChI is InChI=1S/C48H33N3O/c1-4-12-31(13-5-1)38-25-21-36-28-34(20-24-39(36)41-19-11-10-18-40(38)41)35-22-26-44-42(29-35)43-30-37(23-27-45(43)52-44)48-50-46(32-14-6-2-7-15-32)49-47(51-48)33-16-8-3-9-17-33/h1-20,22-24,26-30,38H,21,25H2. The van der Waals surface area contributed by atoms with Crippen molar-refractivity contribution in [3.63, 3.8) is 0 Å². The summed E-state index contributed by atoms with van der Waals surface area (Å²) in [7, 11) is 0. The first-order valence-electron chi connectivity index (χ1n) is 17.9. The van der Waals surface area contributed by atoms with Crippen LogP contribution in [0.3, 0.4) is 0 Å². The first-order valence-corrected chi connectivity index (χ1v) is 17.9. The van der Waals surface area contributed by atoms with Gasteiger partial charge in [-0.3, -0.25) is 0 Å². The molecule has 0 saturated heterocycles. The van der Waals surface area contributed by atoms with Gasteiger partial charge in [-0.2, -0.15) is 0 Å². The van der Waals surface area contributed by atoms with E-state index >= 15 is 0 Å². The third-order valence-electron chi connectivity index (χ3n) is 10.4. The zero-order valence-electron chi connectivity index (χ0n) is 28.4. The Morgan fingerprint density at radius 3 is 1.62 bits per heavy atom. The fraction of sp³-hybridized carbons (Fsp3) is 0.0625. The highest BCUT2D eigenvalue weighted by Crippen LogP contribution is 2.43. The lowest BCUT2D eigenvalue weighted by atomic mass is 9.86. The van der Waals surface area contributed by atoms with Gasteiger partial charge in [0.2, 0.25) is 0 Å². The number of hydrogen-bond donors (Lipinski definition) is 0. The predicted octanol–water partition coefficient (Wildman–Crippen LogP) is 12.2. The van der Waals surface area contributed by atoms with Crippen LogP contribution in [0.5, 0.6) is 0 Å². The summed E-state index contributed by atoms with van der Waals surface area (Å²) < 4.78 is 6.37. The van der Waals surface area contributed by atoms with Crippen LogP contribution < -0.4 is 0 Å². The fourth-order valence-corrected chi connectivity index (χ4v) is 7.81. The van der Waals surface area contributed by atoms with Gasteiger partial charge in [0.1, 0.15) is 11.2 Å². The highest BCUT2D eigenvalue weighted by molar-refractivity contribution is 6.07. The highest BCUT2D eigenvalue weighted by Gasteiger charge is 2.24. The number of nitrogens with zero attached hydrogens (tertiary/aromatic N) is 3. The van der Waals surface area contributed by atoms with Crippen LogP contribution in [0.4, 0.5) is 0 Å². The lowest BCUT2D eigenvalue weighted by molar-refractivity contribution is 0.669. The van der Waals surface area contributed by atoms with Crippen molar-refractivity contribution in [2.45, 2.75) is 18.8 Å². The van der Waals surface area contributed by atoms with E-state index in [4.69, 9.17) is 19.4 Å². The maximum atomic E-state index is 6.37. The third kappa shape index (κ3) is 5.37. The van der Waals surface area contributed by atoms with E-state index in [1.807, 2.05) is 72.8 Å². The molecular formula is C48H33N3O. The van der Waals surface area contributed by atoms with Crippen molar-refractivity contribution in [3.05, 3.63) is 187 Å². The Kier molecular flexibility index (Phi) is 7.31. The smallest absolute Gasteiger partial charge is 0.164 e. The van der Waals surface area contributed by atoms with Crippen LogP contribution in [-0.2, 0) is 6.42 Å². The second-order valence-corrected chi connectivity index (χ2v) is 13.5. The molecule has 4 nitrogen and oxygen atoms in total. The average molecular weight is 668 g/mol. The molecule has 0 saturated carbocycles. The van der Waals surface area contributed by atoms with Gasteiger partial charge in [0.25, 0.3) is 0 Å². The minimum Gasteiger partial charge on any atom is -0.456 e. The minimum atomic E-state index is 0.369. The molecule has 1 atom stereocenters. The topological polar surface area (TPSA) is 51.8 Å². The summed E-state index contributed by atoms with van der Waals surface area (Å²) in [5.41, 5.74) is 13.7. The summed E-state index contributed by atoms with van der Waals surface area (Å²) in [6.07, 6.45) is 2.08. The molecule has 1 unspecified atom stereocenters. The van der Waals surface area contributed by atoms with Crippen molar-refractivity contribution >= 4 is 21.9 Å². The zero-order valence-corrected chi connectivity index (χ0v) is 28.4. The van der Waals surface area contributed by atoms with Gasteiger partial charge in [-0.25, -0.2) is 15.0 Å². The van der Waals surface area contributed by atoms with Crippen LogP contribution in [0.1, 0.15) is 29.0 Å². The van der Waals surface area contributed by atoms with Crippen LogP contribution >= 0.6 is 0 Å². The number of aromatic nitrogens is 3. The van der Waals surface area contributed by atoms with Gasteiger partial charge in [0.05, 0.1) is 0 Å². The molecule has 0 bridgehead atoms. The first-order chi connectivity index (χ1) is 25.7. The largest absolute Gasteiger partial charge is 0.456 e. The Balaban J connectivity index is 1.05. The SMILES string of the molecule is c1ccc(-c2nc(-c3ccccc3)nc(-c3ccc4oc5ccc(-c6ccc7c(c6)CCC(c6ccccc6)c6ccccc6-7)cc5c4c3)n2)cc1. The molecule has 4 heteroatoms. The maximum absolute atomic E-state index is 6.37. The van der Waals surface area contributed by atoms with Crippen molar-refractivity contribution in [3.8, 4) is 56.4 Å². The van der Waals surface area contributed by atoms with E-state index in [1.165, 1.54) is 38.9 Å². The Bertz CT molecular complexity index is 2680. The van der Waals surface area contributed by atoms with Crippen LogP contribution in [0.25, 0.3) is 78.4 Å². The number of aryl methyl sites for hydroxylation is 1. The average Bonchev–Trinajstić information content (AvgIpc) is 3.50. The molecule has 1 aliphatic carbocycles. The molecule has 2 aromatic heterocycles. The molecular weight excluding hydrogens is 635 g/mol. The maximum Gasteiger partial charge on any atom is 0.164 e. The quantitative estimate of drug-likeness (QED) is 0.183. The summed E-state index contributed by atoms with van der Waals surface area (Å²) in [5, 5.41) is 2.10. The first kappa shape index (κ1) is 30.2. The van der Waals surface area contributed by atoms with Gasteiger partial charge >= 0.3 is 0 Å². The number of benzene rings is 7. The number of fused-ring (bicyclic) bond motifs is 6. The van der Waals surface area contributed by atoms with Gasteiger partial charge in [-0.1, -0.05) is 140 Å². The Morgan fingerprint density at radius 2 is 0.942 bits per heavy atom. The van der Waals surface area contributed by atoms with Crippen molar-refractivity contribution in [2.24, 2.45) is 0 Å². The molecule has 2 heterocycles. The fourth-order valence-electron chi connectivity index (χ4n) is 7.81. The van der Waals surface area contributed by atoms with Crippen molar-refractivity contribution in [1.29, 1.82) is 0 Å². The summed E-state index contributed by atoms with van der Waals surface area (Å²) in [6.45, 7) is 0. The number of rotatable bonds is 5. The van der Waals surface area contributed by atoms with Gasteiger partial charge in [0, 0.05) is 33.4 Å². The van der Waals surface area contributed by atoms with E-state index in [-0.39, 0.29) is 0 Å². The van der Waals surface area contributed by atoms with Crippen LogP contribution in [0.15, 0.2) is 174 Å². The molecule has 9 aromatic rings. The van der Waals surface area contributed by atoms with E-state index < -0.39 is 0 Å². The van der Waals surface area contributed by atoms with Crippen molar-refractivity contribution < 1.29 is 4.42 Å². The Labute approximate surface area is 302 Å². The van der Waals surface area contributed by atoms with E-state index in [1.54, 1.807) is 0 Å². The van der Waals surface area contributed by atoms with Crippen LogP contribution in [-0.4, -0.2) is 15.0 Å². The van der Waals surface area contributed by atoms with Gasteiger partial charge in [0.15, 0.2) is 17.5 Å². The van der Waals surface area contributed by atoms with Crippen molar-refractivity contribution in [2.75, 3.05) is 0 Å². The Hall–Kier alpha value is -6.65. The molecule has 0 fully saturated rings. The van der Waals surface area contributed by atoms with Crippen LogP contribution in [0, 0.1) is 0 Å². The Morgan fingerprint density at radius 1 is 0.423 bits per heavy atom. The molecule has 7 aromatic carbocycles. The van der Waals surface area contributed by atoms with Gasteiger partial charge in [-0.05, 0) is 82.1 Å². The summed E-state index contributed by atoms with van der Waals surface area (Å²) >= 11 is 0. The normalized spacial score (nSPS) is 13.8. The molecule has 246 valence electrons. The third-order valence-corrected chi connectivity index (χ3v) is 10.4. The molecule has 10 rings (SSSR count). The molecule has 0 radical (unpaired) electrons. The predicted molar refractivity (Wildman–Crippen MR) is 211 cm³/mol. The monoisotopic (exact) mass is 667 g/mol. The lowest BCUT2D eigenvalue weighted by Crippen LogP contribution is -2.01. The summed E-state index contributed by atoms with van der Waals surface area (Å²) in [6, 6.07) is 59.8. The lowest BCUT2D eigenvalue weighted by Gasteiger charge is -2.18. The van der Waals surface area contributed by atoms with E-state index in [2.05, 4.69) is 97.1 Å². The summed E-state index contributed by atoms with van der Waals surface area (Å²) in [4.78, 5) is 14.8. The minimum absolute atomic E-state index is 0.369. The van der Waals surface area contributed by atoms with Crippen molar-refractivity contribution in [1.82, 2.24) is 15.0 Å². The van der Waals surface area contributed by atoms with E-state index in [0.717, 1.165) is 51.5 Å². The highest BCUT2D eigenvalue weighted by atomic mass is 16.3. The molecule has 1 aliphatic rings. The summed E-state index contributed by atoms with van der Waals surface area (Å²) in [5.74, 6) is 2.28. The second kappa shape index (κ2) is 12.6. The molecule has 52 heavy (non-hydrogen) atoms. The number of hydrogen-bond acceptors (Lipinski definition) is 4. The molecule has 0 amide bonds. The second-order valence-electron chi connectivity index (χ2n) is 13.5. The van der Waals surface area contributed by atoms with E-state index in [9.17, 15) is 0 Å². The van der Waals surface area contributed by atoms with Crippen LogP contribution in [0.2, 0.25) is 0 Å². The van der Waals surface area contributed by atoms with Gasteiger partial charge in [-0.15, -0.1) is 0 Å². The van der Waals surface area contributed by atoms with E-state index in [0.29, 0.717) is 23.4 Å². The van der Waals surface area contributed by atoms with Gasteiger partial charge < -0.3 is 4.42 Å². The molecule has 0 N–H and O–H groups in total. The molecule has 0 spiro atoms. The number of furan rings is 1.